The van der Waals surface area contributed by atoms with Gasteiger partial charge in [-0.05, 0) is 57.1 Å². The van der Waals surface area contributed by atoms with Gasteiger partial charge in [0, 0.05) is 28.0 Å². The first kappa shape index (κ1) is 16.2. The minimum atomic E-state index is -0.295. The molecule has 0 atom stereocenters. The Hall–Kier alpha value is -1.66. The standard InChI is InChI=1S/C17H20BrN3O2/c18-12-4-5-13-14(10-12)15(17(23)20-16(13)22)11-19-6-3-9-21-7-1-2-8-21/h4-5,10-11H,1-3,6-9H2,(H2,20,22,23). The molecule has 0 amide bonds. The van der Waals surface area contributed by atoms with Crippen LogP contribution in [0.5, 0.6) is 5.88 Å². The van der Waals surface area contributed by atoms with Crippen LogP contribution in [0, 0.1) is 0 Å². The highest BCUT2D eigenvalue weighted by Gasteiger charge is 2.11. The quantitative estimate of drug-likeness (QED) is 0.621. The van der Waals surface area contributed by atoms with E-state index >= 15 is 0 Å². The van der Waals surface area contributed by atoms with E-state index in [2.05, 4.69) is 30.8 Å². The Morgan fingerprint density at radius 2 is 2.09 bits per heavy atom. The topological polar surface area (TPSA) is 68.7 Å². The molecule has 1 aromatic heterocycles. The first-order chi connectivity index (χ1) is 11.1. The lowest BCUT2D eigenvalue weighted by Crippen LogP contribution is -2.20. The summed E-state index contributed by atoms with van der Waals surface area (Å²) in [6.07, 6.45) is 5.26. The summed E-state index contributed by atoms with van der Waals surface area (Å²) in [6, 6.07) is 5.38. The number of halogens is 1. The largest absolute Gasteiger partial charge is 0.494 e. The summed E-state index contributed by atoms with van der Waals surface area (Å²) in [5, 5.41) is 11.3. The number of hydrogen-bond acceptors (Lipinski definition) is 4. The van der Waals surface area contributed by atoms with Crippen LogP contribution in [0.4, 0.5) is 0 Å². The van der Waals surface area contributed by atoms with Gasteiger partial charge in [-0.25, -0.2) is 0 Å². The van der Waals surface area contributed by atoms with Crippen molar-refractivity contribution in [1.29, 1.82) is 0 Å². The van der Waals surface area contributed by atoms with Gasteiger partial charge in [0.1, 0.15) is 0 Å². The van der Waals surface area contributed by atoms with Crippen LogP contribution in [-0.2, 0) is 0 Å². The Bertz CT molecular complexity index is 779. The van der Waals surface area contributed by atoms with E-state index in [1.165, 1.54) is 25.9 Å². The highest BCUT2D eigenvalue weighted by Crippen LogP contribution is 2.24. The number of fused-ring (bicyclic) bond motifs is 1. The third kappa shape index (κ3) is 3.82. The van der Waals surface area contributed by atoms with Gasteiger partial charge in [0.15, 0.2) is 0 Å². The van der Waals surface area contributed by atoms with Crippen LogP contribution in [-0.4, -0.2) is 47.4 Å². The molecule has 122 valence electrons. The van der Waals surface area contributed by atoms with E-state index in [1.54, 1.807) is 12.3 Å². The molecule has 1 aliphatic rings. The van der Waals surface area contributed by atoms with Gasteiger partial charge in [0.25, 0.3) is 5.56 Å². The molecule has 0 aliphatic carbocycles. The number of hydrogen-bond donors (Lipinski definition) is 2. The molecule has 2 N–H and O–H groups in total. The fourth-order valence-electron chi connectivity index (χ4n) is 2.99. The number of rotatable bonds is 5. The first-order valence-electron chi connectivity index (χ1n) is 7.92. The molecule has 0 radical (unpaired) electrons. The highest BCUT2D eigenvalue weighted by atomic mass is 79.9. The molecule has 0 saturated carbocycles. The molecule has 5 nitrogen and oxygen atoms in total. The maximum atomic E-state index is 11.9. The summed E-state index contributed by atoms with van der Waals surface area (Å²) in [7, 11) is 0. The molecule has 1 aromatic carbocycles. The second-order valence-corrected chi connectivity index (χ2v) is 6.76. The number of aromatic amines is 1. The lowest BCUT2D eigenvalue weighted by Gasteiger charge is -2.12. The predicted octanol–water partition coefficient (Wildman–Crippen LogP) is 2.90. The van der Waals surface area contributed by atoms with Crippen molar-refractivity contribution in [3.63, 3.8) is 0 Å². The van der Waals surface area contributed by atoms with Gasteiger partial charge in [-0.15, -0.1) is 0 Å². The van der Waals surface area contributed by atoms with Crippen LogP contribution in [0.3, 0.4) is 0 Å². The van der Waals surface area contributed by atoms with E-state index in [0.717, 1.165) is 17.4 Å². The summed E-state index contributed by atoms with van der Waals surface area (Å²) in [5.41, 5.74) is 0.262. The van der Waals surface area contributed by atoms with Gasteiger partial charge >= 0.3 is 0 Å². The Labute approximate surface area is 143 Å². The lowest BCUT2D eigenvalue weighted by atomic mass is 10.1. The minimum absolute atomic E-state index is 0.135. The van der Waals surface area contributed by atoms with Gasteiger partial charge < -0.3 is 10.0 Å². The van der Waals surface area contributed by atoms with Crippen molar-refractivity contribution in [2.75, 3.05) is 26.2 Å². The number of nitrogens with one attached hydrogen (secondary N) is 1. The highest BCUT2D eigenvalue weighted by molar-refractivity contribution is 9.10. The van der Waals surface area contributed by atoms with E-state index in [0.29, 0.717) is 22.9 Å². The van der Waals surface area contributed by atoms with Gasteiger partial charge in [-0.2, -0.15) is 0 Å². The molecule has 1 aliphatic heterocycles. The maximum absolute atomic E-state index is 11.9. The summed E-state index contributed by atoms with van der Waals surface area (Å²) in [4.78, 5) is 21.3. The zero-order chi connectivity index (χ0) is 16.2. The zero-order valence-corrected chi connectivity index (χ0v) is 14.5. The number of benzene rings is 1. The third-order valence-corrected chi connectivity index (χ3v) is 4.68. The first-order valence-corrected chi connectivity index (χ1v) is 8.71. The van der Waals surface area contributed by atoms with Crippen molar-refractivity contribution in [2.45, 2.75) is 19.3 Å². The molecular weight excluding hydrogens is 358 g/mol. The smallest absolute Gasteiger partial charge is 0.258 e. The van der Waals surface area contributed by atoms with E-state index < -0.39 is 0 Å². The number of aromatic nitrogens is 1. The van der Waals surface area contributed by atoms with Crippen molar-refractivity contribution >= 4 is 32.9 Å². The minimum Gasteiger partial charge on any atom is -0.494 e. The van der Waals surface area contributed by atoms with E-state index in [4.69, 9.17) is 0 Å². The number of aliphatic imine (C=N–C) groups is 1. The van der Waals surface area contributed by atoms with Gasteiger partial charge in [0.2, 0.25) is 5.88 Å². The lowest BCUT2D eigenvalue weighted by molar-refractivity contribution is 0.336. The molecule has 0 spiro atoms. The normalized spacial score (nSPS) is 15.9. The SMILES string of the molecule is O=c1[nH]c(O)c(C=NCCCN2CCCC2)c2cc(Br)ccc12. The number of H-pyrrole nitrogens is 1. The molecule has 3 rings (SSSR count). The second-order valence-electron chi connectivity index (χ2n) is 5.84. The average Bonchev–Trinajstić information content (AvgIpc) is 3.02. The molecular formula is C17H20BrN3O2. The van der Waals surface area contributed by atoms with E-state index in [9.17, 15) is 9.90 Å². The monoisotopic (exact) mass is 377 g/mol. The number of nitrogens with zero attached hydrogens (tertiary/aromatic N) is 2. The van der Waals surface area contributed by atoms with Crippen LogP contribution < -0.4 is 5.56 Å². The third-order valence-electron chi connectivity index (χ3n) is 4.18. The molecule has 0 unspecified atom stereocenters. The Morgan fingerprint density at radius 1 is 1.30 bits per heavy atom. The van der Waals surface area contributed by atoms with E-state index in [-0.39, 0.29) is 11.4 Å². The zero-order valence-electron chi connectivity index (χ0n) is 12.9. The Kier molecular flexibility index (Phi) is 5.13. The molecule has 1 fully saturated rings. The van der Waals surface area contributed by atoms with Crippen molar-refractivity contribution in [1.82, 2.24) is 9.88 Å². The second kappa shape index (κ2) is 7.27. The number of likely N-dealkylation sites (tertiary alicyclic amines) is 1. The Morgan fingerprint density at radius 3 is 2.87 bits per heavy atom. The molecule has 6 heteroatoms. The van der Waals surface area contributed by atoms with Gasteiger partial charge in [-0.1, -0.05) is 15.9 Å². The molecule has 2 aromatic rings. The molecule has 1 saturated heterocycles. The van der Waals surface area contributed by atoms with Crippen molar-refractivity contribution < 1.29 is 5.11 Å². The average molecular weight is 378 g/mol. The number of aromatic hydroxyl groups is 1. The molecule has 2 heterocycles. The van der Waals surface area contributed by atoms with Crippen molar-refractivity contribution in [2.24, 2.45) is 4.99 Å². The van der Waals surface area contributed by atoms with Crippen molar-refractivity contribution in [3.8, 4) is 5.88 Å². The fraction of sp³-hybridized carbons (Fsp3) is 0.412. The van der Waals surface area contributed by atoms with Crippen LogP contribution in [0.15, 0.2) is 32.5 Å². The fourth-order valence-corrected chi connectivity index (χ4v) is 3.35. The van der Waals surface area contributed by atoms with Gasteiger partial charge in [-0.3, -0.25) is 14.8 Å². The van der Waals surface area contributed by atoms with Crippen LogP contribution in [0.25, 0.3) is 10.8 Å². The predicted molar refractivity (Wildman–Crippen MR) is 96.7 cm³/mol. The summed E-state index contributed by atoms with van der Waals surface area (Å²) < 4.78 is 0.860. The van der Waals surface area contributed by atoms with Crippen LogP contribution in [0.2, 0.25) is 0 Å². The molecule has 23 heavy (non-hydrogen) atoms. The summed E-state index contributed by atoms with van der Waals surface area (Å²) in [6.45, 7) is 4.18. The summed E-state index contributed by atoms with van der Waals surface area (Å²) in [5.74, 6) is -0.135. The van der Waals surface area contributed by atoms with Gasteiger partial charge in [0.05, 0.1) is 5.56 Å². The Balaban J connectivity index is 1.75. The van der Waals surface area contributed by atoms with Crippen LogP contribution >= 0.6 is 15.9 Å². The maximum Gasteiger partial charge on any atom is 0.258 e. The molecule has 0 bridgehead atoms. The number of pyridine rings is 1. The summed E-state index contributed by atoms with van der Waals surface area (Å²) >= 11 is 3.40. The van der Waals surface area contributed by atoms with Crippen LogP contribution in [0.1, 0.15) is 24.8 Å². The van der Waals surface area contributed by atoms with E-state index in [1.807, 2.05) is 12.1 Å². The van der Waals surface area contributed by atoms with Crippen molar-refractivity contribution in [3.05, 3.63) is 38.6 Å².